The summed E-state index contributed by atoms with van der Waals surface area (Å²) in [5.74, 6) is 1.39. The largest absolute Gasteiger partial charge is 0.354 e. The third-order valence-corrected chi connectivity index (χ3v) is 5.48. The molecule has 1 unspecified atom stereocenters. The Hall–Kier alpha value is -2.67. The van der Waals surface area contributed by atoms with Gasteiger partial charge in [0.2, 0.25) is 0 Å². The molecule has 1 aromatic heterocycles. The summed E-state index contributed by atoms with van der Waals surface area (Å²) in [6, 6.07) is 9.97. The number of carbonyl (C=O) groups excluding carboxylic acids is 1. The van der Waals surface area contributed by atoms with Crippen LogP contribution in [0.5, 0.6) is 0 Å². The SMILES string of the molecule is CCN1CCN(c2cc(NC(=O)NC3CCc4ccccc43)ncn2)CC1. The maximum absolute atomic E-state index is 12.4. The second kappa shape index (κ2) is 7.92. The Kier molecular flexibility index (Phi) is 5.20. The molecule has 1 saturated heterocycles. The van der Waals surface area contributed by atoms with Gasteiger partial charge in [0.1, 0.15) is 18.0 Å². The number of amides is 2. The highest BCUT2D eigenvalue weighted by Gasteiger charge is 2.23. The first-order valence-electron chi connectivity index (χ1n) is 9.67. The molecule has 0 radical (unpaired) electrons. The zero-order chi connectivity index (χ0) is 18.6. The lowest BCUT2D eigenvalue weighted by molar-refractivity contribution is 0.248. The van der Waals surface area contributed by atoms with E-state index in [-0.39, 0.29) is 12.1 Å². The minimum Gasteiger partial charge on any atom is -0.354 e. The number of piperazine rings is 1. The summed E-state index contributed by atoms with van der Waals surface area (Å²) in [5, 5.41) is 5.93. The number of benzene rings is 1. The second-order valence-electron chi connectivity index (χ2n) is 7.07. The van der Waals surface area contributed by atoms with Gasteiger partial charge in [-0.1, -0.05) is 31.2 Å². The minimum atomic E-state index is -0.225. The number of rotatable bonds is 4. The Labute approximate surface area is 159 Å². The molecule has 1 fully saturated rings. The number of urea groups is 1. The van der Waals surface area contributed by atoms with Crippen LogP contribution in [0, 0.1) is 0 Å². The van der Waals surface area contributed by atoms with E-state index in [2.05, 4.69) is 49.5 Å². The lowest BCUT2D eigenvalue weighted by atomic mass is 10.1. The van der Waals surface area contributed by atoms with Crippen molar-refractivity contribution in [1.82, 2.24) is 20.2 Å². The molecular weight excluding hydrogens is 340 g/mol. The van der Waals surface area contributed by atoms with Gasteiger partial charge in [0.25, 0.3) is 0 Å². The van der Waals surface area contributed by atoms with Crippen molar-refractivity contribution in [3.05, 3.63) is 47.8 Å². The molecule has 2 aromatic rings. The van der Waals surface area contributed by atoms with Crippen molar-refractivity contribution >= 4 is 17.7 Å². The van der Waals surface area contributed by atoms with Gasteiger partial charge in [0, 0.05) is 32.2 Å². The van der Waals surface area contributed by atoms with Gasteiger partial charge >= 0.3 is 6.03 Å². The number of fused-ring (bicyclic) bond motifs is 1. The molecule has 4 rings (SSSR count). The van der Waals surface area contributed by atoms with E-state index in [1.54, 1.807) is 0 Å². The maximum Gasteiger partial charge on any atom is 0.320 e. The first kappa shape index (κ1) is 17.7. The van der Waals surface area contributed by atoms with Crippen LogP contribution in [0.4, 0.5) is 16.4 Å². The molecule has 1 aromatic carbocycles. The third-order valence-electron chi connectivity index (χ3n) is 5.48. The summed E-state index contributed by atoms with van der Waals surface area (Å²) in [4.78, 5) is 25.7. The highest BCUT2D eigenvalue weighted by Crippen LogP contribution is 2.30. The van der Waals surface area contributed by atoms with E-state index in [0.717, 1.165) is 51.4 Å². The second-order valence-corrected chi connectivity index (χ2v) is 7.07. The molecule has 142 valence electrons. The van der Waals surface area contributed by atoms with Crippen molar-refractivity contribution in [2.45, 2.75) is 25.8 Å². The Morgan fingerprint density at radius 3 is 2.81 bits per heavy atom. The van der Waals surface area contributed by atoms with E-state index in [0.29, 0.717) is 5.82 Å². The fraction of sp³-hybridized carbons (Fsp3) is 0.450. The van der Waals surface area contributed by atoms with E-state index in [4.69, 9.17) is 0 Å². The fourth-order valence-electron chi connectivity index (χ4n) is 3.90. The van der Waals surface area contributed by atoms with Gasteiger partial charge in [0.15, 0.2) is 0 Å². The molecule has 7 heteroatoms. The topological polar surface area (TPSA) is 73.4 Å². The Bertz CT molecular complexity index is 803. The third kappa shape index (κ3) is 4.03. The van der Waals surface area contributed by atoms with Gasteiger partial charge in [-0.3, -0.25) is 5.32 Å². The molecule has 1 atom stereocenters. The molecular formula is C20H26N6O. The van der Waals surface area contributed by atoms with Crippen LogP contribution in [0.15, 0.2) is 36.7 Å². The standard InChI is InChI=1S/C20H26N6O/c1-2-25-9-11-26(12-10-25)19-13-18(21-14-22-19)24-20(27)23-17-8-7-15-5-3-4-6-16(15)17/h3-6,13-14,17H,2,7-12H2,1H3,(H2,21,22,23,24,27). The molecule has 0 saturated carbocycles. The van der Waals surface area contributed by atoms with Crippen LogP contribution in [0.3, 0.4) is 0 Å². The number of likely N-dealkylation sites (N-methyl/N-ethyl adjacent to an activating group) is 1. The van der Waals surface area contributed by atoms with Crippen molar-refractivity contribution in [3.8, 4) is 0 Å². The van der Waals surface area contributed by atoms with Crippen molar-refractivity contribution in [1.29, 1.82) is 0 Å². The van der Waals surface area contributed by atoms with Crippen LogP contribution in [0.2, 0.25) is 0 Å². The Balaban J connectivity index is 1.36. The summed E-state index contributed by atoms with van der Waals surface area (Å²) < 4.78 is 0. The number of hydrogen-bond acceptors (Lipinski definition) is 5. The first-order chi connectivity index (χ1) is 13.2. The van der Waals surface area contributed by atoms with E-state index in [1.165, 1.54) is 17.5 Å². The number of aromatic nitrogens is 2. The molecule has 27 heavy (non-hydrogen) atoms. The smallest absolute Gasteiger partial charge is 0.320 e. The van der Waals surface area contributed by atoms with Crippen LogP contribution >= 0.6 is 0 Å². The highest BCUT2D eigenvalue weighted by molar-refractivity contribution is 5.89. The van der Waals surface area contributed by atoms with E-state index in [1.807, 2.05) is 18.2 Å². The number of carbonyl (C=O) groups is 1. The Morgan fingerprint density at radius 2 is 2.00 bits per heavy atom. The molecule has 2 aliphatic rings. The molecule has 2 N–H and O–H groups in total. The number of hydrogen-bond donors (Lipinski definition) is 2. The van der Waals surface area contributed by atoms with Crippen molar-refractivity contribution in [2.75, 3.05) is 42.9 Å². The van der Waals surface area contributed by atoms with Crippen LogP contribution in [-0.2, 0) is 6.42 Å². The molecule has 2 amide bonds. The molecule has 2 heterocycles. The fourth-order valence-corrected chi connectivity index (χ4v) is 3.90. The summed E-state index contributed by atoms with van der Waals surface area (Å²) in [7, 11) is 0. The van der Waals surface area contributed by atoms with Gasteiger partial charge in [-0.2, -0.15) is 0 Å². The molecule has 0 bridgehead atoms. The average molecular weight is 366 g/mol. The molecule has 7 nitrogen and oxygen atoms in total. The quantitative estimate of drug-likeness (QED) is 0.869. The lowest BCUT2D eigenvalue weighted by Gasteiger charge is -2.34. The predicted octanol–water partition coefficient (Wildman–Crippen LogP) is 2.43. The van der Waals surface area contributed by atoms with Crippen LogP contribution in [-0.4, -0.2) is 53.6 Å². The summed E-state index contributed by atoms with van der Waals surface area (Å²) in [5.41, 5.74) is 2.53. The Morgan fingerprint density at radius 1 is 1.19 bits per heavy atom. The number of anilines is 2. The van der Waals surface area contributed by atoms with Crippen LogP contribution in [0.25, 0.3) is 0 Å². The number of nitrogens with one attached hydrogen (secondary N) is 2. The van der Waals surface area contributed by atoms with Crippen LogP contribution < -0.4 is 15.5 Å². The molecule has 1 aliphatic heterocycles. The van der Waals surface area contributed by atoms with Gasteiger partial charge < -0.3 is 15.1 Å². The highest BCUT2D eigenvalue weighted by atomic mass is 16.2. The van der Waals surface area contributed by atoms with Crippen molar-refractivity contribution in [3.63, 3.8) is 0 Å². The van der Waals surface area contributed by atoms with E-state index < -0.39 is 0 Å². The maximum atomic E-state index is 12.4. The first-order valence-corrected chi connectivity index (χ1v) is 9.67. The molecule has 1 aliphatic carbocycles. The van der Waals surface area contributed by atoms with E-state index in [9.17, 15) is 4.79 Å². The molecule has 0 spiro atoms. The van der Waals surface area contributed by atoms with Gasteiger partial charge in [-0.15, -0.1) is 0 Å². The van der Waals surface area contributed by atoms with Gasteiger partial charge in [-0.25, -0.2) is 14.8 Å². The average Bonchev–Trinajstić information content (AvgIpc) is 3.11. The van der Waals surface area contributed by atoms with Crippen molar-refractivity contribution in [2.24, 2.45) is 0 Å². The summed E-state index contributed by atoms with van der Waals surface area (Å²) >= 11 is 0. The van der Waals surface area contributed by atoms with Gasteiger partial charge in [0.05, 0.1) is 6.04 Å². The lowest BCUT2D eigenvalue weighted by Crippen LogP contribution is -2.46. The minimum absolute atomic E-state index is 0.0598. The van der Waals surface area contributed by atoms with Crippen LogP contribution in [0.1, 0.15) is 30.5 Å². The van der Waals surface area contributed by atoms with E-state index >= 15 is 0 Å². The normalized spacial score (nSPS) is 19.6. The number of aryl methyl sites for hydroxylation is 1. The van der Waals surface area contributed by atoms with Gasteiger partial charge in [-0.05, 0) is 30.5 Å². The van der Waals surface area contributed by atoms with Crippen molar-refractivity contribution < 1.29 is 4.79 Å². The summed E-state index contributed by atoms with van der Waals surface area (Å²) in [6.45, 7) is 7.21. The number of nitrogens with zero attached hydrogens (tertiary/aromatic N) is 4. The predicted molar refractivity (Wildman–Crippen MR) is 106 cm³/mol. The zero-order valence-corrected chi connectivity index (χ0v) is 15.7. The zero-order valence-electron chi connectivity index (χ0n) is 15.7. The monoisotopic (exact) mass is 366 g/mol. The summed E-state index contributed by atoms with van der Waals surface area (Å²) in [6.07, 6.45) is 3.45.